The largest absolute Gasteiger partial charge is 0.348 e. The van der Waals surface area contributed by atoms with Crippen LogP contribution in [0.25, 0.3) is 0 Å². The Morgan fingerprint density at radius 1 is 1.00 bits per heavy atom. The predicted octanol–water partition coefficient (Wildman–Crippen LogP) is 3.46. The molecule has 3 rings (SSSR count). The molecule has 1 heterocycles. The first-order valence-electron chi connectivity index (χ1n) is 8.01. The summed E-state index contributed by atoms with van der Waals surface area (Å²) in [5.41, 5.74) is 9.24. The van der Waals surface area contributed by atoms with E-state index < -0.39 is 0 Å². The van der Waals surface area contributed by atoms with Gasteiger partial charge in [0.25, 0.3) is 0 Å². The fourth-order valence-corrected chi connectivity index (χ4v) is 3.45. The van der Waals surface area contributed by atoms with E-state index >= 15 is 0 Å². The average Bonchev–Trinajstić information content (AvgIpc) is 2.91. The molecule has 1 aliphatic carbocycles. The molecule has 2 aliphatic rings. The van der Waals surface area contributed by atoms with Crippen molar-refractivity contribution in [3.05, 3.63) is 35.4 Å². The second-order valence-corrected chi connectivity index (χ2v) is 7.59. The van der Waals surface area contributed by atoms with Crippen molar-refractivity contribution < 1.29 is 9.47 Å². The van der Waals surface area contributed by atoms with Gasteiger partial charge in [0.05, 0.1) is 13.2 Å². The van der Waals surface area contributed by atoms with Crippen LogP contribution in [0, 0.1) is 0 Å². The summed E-state index contributed by atoms with van der Waals surface area (Å²) in [5, 5.41) is 0. The second-order valence-electron chi connectivity index (χ2n) is 7.59. The van der Waals surface area contributed by atoms with Gasteiger partial charge in [0.15, 0.2) is 5.79 Å². The molecule has 1 saturated carbocycles. The number of hydrogen-bond acceptors (Lipinski definition) is 3. The highest BCUT2D eigenvalue weighted by Crippen LogP contribution is 2.44. The zero-order valence-electron chi connectivity index (χ0n) is 13.4. The Morgan fingerprint density at radius 3 is 2.19 bits per heavy atom. The van der Waals surface area contributed by atoms with E-state index in [2.05, 4.69) is 45.0 Å². The highest BCUT2D eigenvalue weighted by molar-refractivity contribution is 5.33. The van der Waals surface area contributed by atoms with E-state index in [1.165, 1.54) is 11.1 Å². The molecular formula is C18H27NO2. The lowest BCUT2D eigenvalue weighted by Gasteiger charge is -2.42. The van der Waals surface area contributed by atoms with Gasteiger partial charge in [0, 0.05) is 18.4 Å². The van der Waals surface area contributed by atoms with E-state index in [0.717, 1.165) is 38.9 Å². The number of hydrogen-bond donors (Lipinski definition) is 1. The smallest absolute Gasteiger partial charge is 0.168 e. The minimum absolute atomic E-state index is 0.153. The van der Waals surface area contributed by atoms with Crippen molar-refractivity contribution in [2.75, 3.05) is 13.2 Å². The maximum Gasteiger partial charge on any atom is 0.168 e. The van der Waals surface area contributed by atoms with Gasteiger partial charge < -0.3 is 15.2 Å². The maximum atomic E-state index is 6.73. The van der Waals surface area contributed by atoms with Gasteiger partial charge in [-0.2, -0.15) is 0 Å². The first-order valence-corrected chi connectivity index (χ1v) is 8.01. The zero-order valence-corrected chi connectivity index (χ0v) is 13.4. The van der Waals surface area contributed by atoms with Crippen LogP contribution in [0.5, 0.6) is 0 Å². The first kappa shape index (κ1) is 15.0. The van der Waals surface area contributed by atoms with Crippen molar-refractivity contribution in [1.82, 2.24) is 0 Å². The minimum atomic E-state index is -0.343. The summed E-state index contributed by atoms with van der Waals surface area (Å²) in [6.45, 7) is 8.16. The Hall–Kier alpha value is -0.900. The maximum absolute atomic E-state index is 6.73. The lowest BCUT2D eigenvalue weighted by Crippen LogP contribution is -2.47. The van der Waals surface area contributed by atoms with Crippen LogP contribution in [0.1, 0.15) is 57.6 Å². The summed E-state index contributed by atoms with van der Waals surface area (Å²) < 4.78 is 11.6. The van der Waals surface area contributed by atoms with E-state index in [-0.39, 0.29) is 16.7 Å². The van der Waals surface area contributed by atoms with Crippen LogP contribution < -0.4 is 5.73 Å². The summed E-state index contributed by atoms with van der Waals surface area (Å²) in [4.78, 5) is 0. The Bertz CT molecular complexity index is 502. The quantitative estimate of drug-likeness (QED) is 0.861. The van der Waals surface area contributed by atoms with Crippen molar-refractivity contribution in [2.24, 2.45) is 5.73 Å². The van der Waals surface area contributed by atoms with E-state index in [1.807, 2.05) is 0 Å². The van der Waals surface area contributed by atoms with Gasteiger partial charge in [0.2, 0.25) is 0 Å². The molecule has 1 aromatic carbocycles. The molecule has 1 saturated heterocycles. The van der Waals surface area contributed by atoms with Crippen molar-refractivity contribution in [1.29, 1.82) is 0 Å². The highest BCUT2D eigenvalue weighted by Gasteiger charge is 2.45. The fourth-order valence-electron chi connectivity index (χ4n) is 3.45. The molecule has 0 radical (unpaired) electrons. The van der Waals surface area contributed by atoms with E-state index in [9.17, 15) is 0 Å². The number of benzene rings is 1. The lowest BCUT2D eigenvalue weighted by atomic mass is 9.73. The number of rotatable bonds is 1. The van der Waals surface area contributed by atoms with Crippen molar-refractivity contribution in [3.8, 4) is 0 Å². The molecule has 2 N–H and O–H groups in total. The Balaban J connectivity index is 1.80. The molecule has 3 heteroatoms. The molecule has 21 heavy (non-hydrogen) atoms. The molecule has 0 aromatic heterocycles. The molecular weight excluding hydrogens is 262 g/mol. The van der Waals surface area contributed by atoms with Crippen LogP contribution in [0.3, 0.4) is 0 Å². The summed E-state index contributed by atoms with van der Waals surface area (Å²) in [7, 11) is 0. The minimum Gasteiger partial charge on any atom is -0.348 e. The van der Waals surface area contributed by atoms with Gasteiger partial charge in [-0.3, -0.25) is 0 Å². The van der Waals surface area contributed by atoms with Gasteiger partial charge in [0.1, 0.15) is 0 Å². The standard InChI is InChI=1S/C18H27NO2/c1-16(2,3)14-5-4-6-15(13-14)17(19)7-9-18(10-8-17)20-11-12-21-18/h4-6,13H,7-12,19H2,1-3H3. The van der Waals surface area contributed by atoms with Crippen molar-refractivity contribution >= 4 is 0 Å². The number of ether oxygens (including phenoxy) is 2. The molecule has 0 amide bonds. The molecule has 1 spiro atoms. The van der Waals surface area contributed by atoms with Crippen LogP contribution >= 0.6 is 0 Å². The molecule has 116 valence electrons. The van der Waals surface area contributed by atoms with Gasteiger partial charge in [-0.05, 0) is 29.4 Å². The Labute approximate surface area is 127 Å². The third kappa shape index (κ3) is 2.87. The molecule has 0 unspecified atom stereocenters. The third-order valence-corrected chi connectivity index (χ3v) is 5.02. The fraction of sp³-hybridized carbons (Fsp3) is 0.667. The molecule has 2 fully saturated rings. The first-order chi connectivity index (χ1) is 9.83. The molecule has 3 nitrogen and oxygen atoms in total. The normalized spacial score (nSPS) is 24.4. The van der Waals surface area contributed by atoms with Crippen LogP contribution in [0.4, 0.5) is 0 Å². The summed E-state index contributed by atoms with van der Waals surface area (Å²) in [5.74, 6) is -0.343. The Morgan fingerprint density at radius 2 is 1.62 bits per heavy atom. The molecule has 0 atom stereocenters. The predicted molar refractivity (Wildman–Crippen MR) is 84.1 cm³/mol. The number of nitrogens with two attached hydrogens (primary N) is 1. The summed E-state index contributed by atoms with van der Waals surface area (Å²) >= 11 is 0. The zero-order chi connectivity index (χ0) is 15.1. The molecule has 0 bridgehead atoms. The Kier molecular flexibility index (Phi) is 3.63. The average molecular weight is 289 g/mol. The monoisotopic (exact) mass is 289 g/mol. The highest BCUT2D eigenvalue weighted by atomic mass is 16.7. The molecule has 1 aliphatic heterocycles. The van der Waals surface area contributed by atoms with Gasteiger partial charge >= 0.3 is 0 Å². The van der Waals surface area contributed by atoms with Crippen LogP contribution in [0.2, 0.25) is 0 Å². The lowest BCUT2D eigenvalue weighted by molar-refractivity contribution is -0.185. The molecule has 1 aromatic rings. The summed E-state index contributed by atoms with van der Waals surface area (Å²) in [6, 6.07) is 8.79. The second kappa shape index (κ2) is 5.08. The van der Waals surface area contributed by atoms with E-state index in [0.29, 0.717) is 0 Å². The van der Waals surface area contributed by atoms with E-state index in [4.69, 9.17) is 15.2 Å². The van der Waals surface area contributed by atoms with Crippen LogP contribution in [-0.4, -0.2) is 19.0 Å². The van der Waals surface area contributed by atoms with Crippen LogP contribution in [0.15, 0.2) is 24.3 Å². The van der Waals surface area contributed by atoms with Gasteiger partial charge in [-0.1, -0.05) is 45.0 Å². The SMILES string of the molecule is CC(C)(C)c1cccc(C2(N)CCC3(CC2)OCCO3)c1. The van der Waals surface area contributed by atoms with E-state index in [1.54, 1.807) is 0 Å². The third-order valence-electron chi connectivity index (χ3n) is 5.02. The van der Waals surface area contributed by atoms with Gasteiger partial charge in [-0.15, -0.1) is 0 Å². The van der Waals surface area contributed by atoms with Crippen LogP contribution in [-0.2, 0) is 20.4 Å². The van der Waals surface area contributed by atoms with Crippen molar-refractivity contribution in [3.63, 3.8) is 0 Å². The van der Waals surface area contributed by atoms with Gasteiger partial charge in [-0.25, -0.2) is 0 Å². The van der Waals surface area contributed by atoms with Crippen molar-refractivity contribution in [2.45, 2.75) is 63.2 Å². The topological polar surface area (TPSA) is 44.5 Å². The summed E-state index contributed by atoms with van der Waals surface area (Å²) in [6.07, 6.45) is 3.62.